The quantitative estimate of drug-likeness (QED) is 0.610. The van der Waals surface area contributed by atoms with Gasteiger partial charge in [-0.05, 0) is 26.0 Å². The highest BCUT2D eigenvalue weighted by molar-refractivity contribution is 5.95. The number of ether oxygens (including phenoxy) is 1. The van der Waals surface area contributed by atoms with E-state index in [9.17, 15) is 14.4 Å². The van der Waals surface area contributed by atoms with Crippen LogP contribution in [0.4, 0.5) is 0 Å². The van der Waals surface area contributed by atoms with Crippen LogP contribution in [0.15, 0.2) is 29.1 Å². The summed E-state index contributed by atoms with van der Waals surface area (Å²) in [5.41, 5.74) is 1.20. The van der Waals surface area contributed by atoms with Crippen LogP contribution >= 0.6 is 0 Å². The predicted octanol–water partition coefficient (Wildman–Crippen LogP) is 1.23. The molecule has 0 aliphatic heterocycles. The van der Waals surface area contributed by atoms with Gasteiger partial charge in [0, 0.05) is 0 Å². The number of esters is 1. The lowest BCUT2D eigenvalue weighted by Crippen LogP contribution is -2.28. The van der Waals surface area contributed by atoms with Gasteiger partial charge in [-0.15, -0.1) is 0 Å². The van der Waals surface area contributed by atoms with Crippen molar-refractivity contribution in [2.24, 2.45) is 0 Å². The molecule has 6 heteroatoms. The van der Waals surface area contributed by atoms with Crippen molar-refractivity contribution in [3.05, 3.63) is 40.3 Å². The van der Waals surface area contributed by atoms with Crippen molar-refractivity contribution < 1.29 is 14.3 Å². The molecule has 2 aromatic rings. The van der Waals surface area contributed by atoms with E-state index in [1.54, 1.807) is 32.0 Å². The topological polar surface area (TPSA) is 78.3 Å². The van der Waals surface area contributed by atoms with E-state index in [-0.39, 0.29) is 30.9 Å². The minimum absolute atomic E-state index is 0.165. The van der Waals surface area contributed by atoms with Crippen molar-refractivity contribution in [3.8, 4) is 0 Å². The highest BCUT2D eigenvalue weighted by Gasteiger charge is 2.14. The molecule has 0 aliphatic rings. The first-order chi connectivity index (χ1) is 10.0. The zero-order chi connectivity index (χ0) is 15.4. The molecule has 1 aromatic heterocycles. The summed E-state index contributed by atoms with van der Waals surface area (Å²) in [4.78, 5) is 39.6. The summed E-state index contributed by atoms with van der Waals surface area (Å²) in [5, 5.41) is 0. The summed E-state index contributed by atoms with van der Waals surface area (Å²) < 4.78 is 6.08. The molecule has 0 spiro atoms. The van der Waals surface area contributed by atoms with Crippen molar-refractivity contribution in [1.82, 2.24) is 9.55 Å². The van der Waals surface area contributed by atoms with Gasteiger partial charge in [0.25, 0.3) is 5.56 Å². The Bertz CT molecular complexity index is 749. The molecule has 0 atom stereocenters. The van der Waals surface area contributed by atoms with E-state index in [1.165, 1.54) is 4.57 Å². The van der Waals surface area contributed by atoms with E-state index >= 15 is 0 Å². The average Bonchev–Trinajstić information content (AvgIpc) is 2.44. The molecule has 0 aliphatic carbocycles. The Morgan fingerprint density at radius 3 is 2.71 bits per heavy atom. The Morgan fingerprint density at radius 1 is 1.29 bits per heavy atom. The number of para-hydroxylation sites is 2. The molecule has 0 saturated heterocycles. The van der Waals surface area contributed by atoms with Crippen molar-refractivity contribution >= 4 is 22.8 Å². The molecule has 0 N–H and O–H groups in total. The smallest absolute Gasteiger partial charge is 0.313 e. The SMILES string of the molecule is CCOC(=O)CC(=O)Cn1c(=O)c(C)nc2ccccc21. The van der Waals surface area contributed by atoms with Crippen molar-refractivity contribution in [2.45, 2.75) is 26.8 Å². The third-order valence-corrected chi connectivity index (χ3v) is 3.00. The van der Waals surface area contributed by atoms with Gasteiger partial charge in [0.1, 0.15) is 12.1 Å². The van der Waals surface area contributed by atoms with Gasteiger partial charge in [0.2, 0.25) is 0 Å². The lowest BCUT2D eigenvalue weighted by atomic mass is 10.2. The van der Waals surface area contributed by atoms with Crippen molar-refractivity contribution in [2.75, 3.05) is 6.61 Å². The van der Waals surface area contributed by atoms with Gasteiger partial charge in [-0.2, -0.15) is 0 Å². The molecule has 1 heterocycles. The normalized spacial score (nSPS) is 10.6. The van der Waals surface area contributed by atoms with Crippen LogP contribution in [0.25, 0.3) is 11.0 Å². The van der Waals surface area contributed by atoms with Gasteiger partial charge in [0.05, 0.1) is 24.2 Å². The fourth-order valence-electron chi connectivity index (χ4n) is 2.08. The molecule has 0 bridgehead atoms. The number of carbonyl (C=O) groups excluding carboxylic acids is 2. The van der Waals surface area contributed by atoms with Crippen LogP contribution in [0, 0.1) is 6.92 Å². The first kappa shape index (κ1) is 14.9. The fourth-order valence-corrected chi connectivity index (χ4v) is 2.08. The Labute approximate surface area is 121 Å². The lowest BCUT2D eigenvalue weighted by molar-refractivity contribution is -0.145. The first-order valence-corrected chi connectivity index (χ1v) is 6.66. The van der Waals surface area contributed by atoms with E-state index in [0.717, 1.165) is 0 Å². The Morgan fingerprint density at radius 2 is 2.00 bits per heavy atom. The van der Waals surface area contributed by atoms with Crippen LogP contribution in [0.1, 0.15) is 19.0 Å². The van der Waals surface area contributed by atoms with Crippen LogP contribution in [-0.2, 0) is 20.9 Å². The largest absolute Gasteiger partial charge is 0.466 e. The molecule has 6 nitrogen and oxygen atoms in total. The average molecular weight is 288 g/mol. The molecule has 0 fully saturated rings. The highest BCUT2D eigenvalue weighted by atomic mass is 16.5. The number of hydrogen-bond donors (Lipinski definition) is 0. The van der Waals surface area contributed by atoms with E-state index in [0.29, 0.717) is 16.7 Å². The van der Waals surface area contributed by atoms with Gasteiger partial charge < -0.3 is 4.74 Å². The standard InChI is InChI=1S/C15H16N2O4/c1-3-21-14(19)8-11(18)9-17-13-7-5-4-6-12(13)16-10(2)15(17)20/h4-7H,3,8-9H2,1-2H3. The fraction of sp³-hybridized carbons (Fsp3) is 0.333. The predicted molar refractivity (Wildman–Crippen MR) is 77.0 cm³/mol. The third-order valence-electron chi connectivity index (χ3n) is 3.00. The second-order valence-electron chi connectivity index (χ2n) is 4.60. The Kier molecular flexibility index (Phi) is 4.47. The van der Waals surface area contributed by atoms with E-state index < -0.39 is 5.97 Å². The molecule has 0 unspecified atom stereocenters. The van der Waals surface area contributed by atoms with Gasteiger partial charge in [-0.25, -0.2) is 4.98 Å². The summed E-state index contributed by atoms with van der Waals surface area (Å²) in [6.07, 6.45) is -0.337. The number of fused-ring (bicyclic) bond motifs is 1. The molecule has 0 radical (unpaired) electrons. The number of hydrogen-bond acceptors (Lipinski definition) is 5. The molecule has 21 heavy (non-hydrogen) atoms. The minimum Gasteiger partial charge on any atom is -0.466 e. The second-order valence-corrected chi connectivity index (χ2v) is 4.60. The highest BCUT2D eigenvalue weighted by Crippen LogP contribution is 2.10. The maximum absolute atomic E-state index is 12.2. The molecular weight excluding hydrogens is 272 g/mol. The van der Waals surface area contributed by atoms with Crippen LogP contribution in [0.5, 0.6) is 0 Å². The number of aryl methyl sites for hydroxylation is 1. The van der Waals surface area contributed by atoms with Gasteiger partial charge in [-0.1, -0.05) is 12.1 Å². The van der Waals surface area contributed by atoms with E-state index in [2.05, 4.69) is 4.98 Å². The molecule has 2 rings (SSSR count). The van der Waals surface area contributed by atoms with Crippen LogP contribution in [0.3, 0.4) is 0 Å². The maximum Gasteiger partial charge on any atom is 0.313 e. The van der Waals surface area contributed by atoms with Crippen molar-refractivity contribution in [3.63, 3.8) is 0 Å². The molecule has 110 valence electrons. The maximum atomic E-state index is 12.2. The summed E-state index contributed by atoms with van der Waals surface area (Å²) in [7, 11) is 0. The van der Waals surface area contributed by atoms with Crippen LogP contribution in [0.2, 0.25) is 0 Å². The van der Waals surface area contributed by atoms with Gasteiger partial charge >= 0.3 is 5.97 Å². The van der Waals surface area contributed by atoms with Crippen molar-refractivity contribution in [1.29, 1.82) is 0 Å². The van der Waals surface area contributed by atoms with E-state index in [4.69, 9.17) is 4.74 Å². The van der Waals surface area contributed by atoms with Crippen LogP contribution in [-0.4, -0.2) is 27.9 Å². The number of ketones is 1. The Hall–Kier alpha value is -2.50. The number of benzene rings is 1. The second kappa shape index (κ2) is 6.30. The lowest BCUT2D eigenvalue weighted by Gasteiger charge is -2.10. The number of rotatable bonds is 5. The van der Waals surface area contributed by atoms with E-state index in [1.807, 2.05) is 6.07 Å². The zero-order valence-electron chi connectivity index (χ0n) is 12.0. The number of carbonyl (C=O) groups is 2. The number of aromatic nitrogens is 2. The summed E-state index contributed by atoms with van der Waals surface area (Å²) >= 11 is 0. The third kappa shape index (κ3) is 3.34. The Balaban J connectivity index is 2.33. The first-order valence-electron chi connectivity index (χ1n) is 6.66. The number of nitrogens with zero attached hydrogens (tertiary/aromatic N) is 2. The molecule has 0 saturated carbocycles. The van der Waals surface area contributed by atoms with Gasteiger partial charge in [0.15, 0.2) is 5.78 Å². The molecule has 0 amide bonds. The number of Topliss-reactive ketones (excluding diaryl/α,β-unsaturated/α-hetero) is 1. The van der Waals surface area contributed by atoms with Gasteiger partial charge in [-0.3, -0.25) is 19.0 Å². The summed E-state index contributed by atoms with van der Waals surface area (Å²) in [6.45, 7) is 3.33. The zero-order valence-corrected chi connectivity index (χ0v) is 12.0. The monoisotopic (exact) mass is 288 g/mol. The minimum atomic E-state index is -0.578. The summed E-state index contributed by atoms with van der Waals surface area (Å²) in [6, 6.07) is 7.07. The molecule has 1 aromatic carbocycles. The van der Waals surface area contributed by atoms with Crippen LogP contribution < -0.4 is 5.56 Å². The molecular formula is C15H16N2O4. The summed E-state index contributed by atoms with van der Waals surface area (Å²) in [5.74, 6) is -0.947.